The summed E-state index contributed by atoms with van der Waals surface area (Å²) in [7, 11) is 0. The summed E-state index contributed by atoms with van der Waals surface area (Å²) in [6.45, 7) is 2.96. The summed E-state index contributed by atoms with van der Waals surface area (Å²) in [5.74, 6) is 1.29. The molecular weight excluding hydrogens is 454 g/mol. The summed E-state index contributed by atoms with van der Waals surface area (Å²) < 4.78 is 12.6. The van der Waals surface area contributed by atoms with Crippen LogP contribution in [0.2, 0.25) is 0 Å². The SMILES string of the molecule is CCOC(=O)c1cncc(C2=C(c3cc(Br)ccc3OCC3CCCCC3)CCC2)c1. The lowest BCUT2D eigenvalue weighted by atomic mass is 9.90. The van der Waals surface area contributed by atoms with E-state index < -0.39 is 0 Å². The maximum atomic E-state index is 12.2. The Labute approximate surface area is 193 Å². The van der Waals surface area contributed by atoms with Crippen LogP contribution in [0, 0.1) is 5.92 Å². The van der Waals surface area contributed by atoms with Crippen LogP contribution in [0.5, 0.6) is 5.75 Å². The first-order chi connectivity index (χ1) is 15.2. The molecule has 2 aliphatic carbocycles. The molecule has 0 aliphatic heterocycles. The number of aromatic nitrogens is 1. The van der Waals surface area contributed by atoms with Gasteiger partial charge in [-0.3, -0.25) is 4.98 Å². The fraction of sp³-hybridized carbons (Fsp3) is 0.462. The second kappa shape index (κ2) is 10.4. The molecule has 0 atom stereocenters. The highest BCUT2D eigenvalue weighted by atomic mass is 79.9. The summed E-state index contributed by atoms with van der Waals surface area (Å²) in [6, 6.07) is 8.21. The molecule has 31 heavy (non-hydrogen) atoms. The van der Waals surface area contributed by atoms with Gasteiger partial charge in [-0.2, -0.15) is 0 Å². The average Bonchev–Trinajstić information content (AvgIpc) is 3.29. The Morgan fingerprint density at radius 1 is 1.06 bits per heavy atom. The average molecular weight is 484 g/mol. The van der Waals surface area contributed by atoms with Crippen LogP contribution in [0.3, 0.4) is 0 Å². The van der Waals surface area contributed by atoms with Gasteiger partial charge in [-0.1, -0.05) is 35.2 Å². The summed E-state index contributed by atoms with van der Waals surface area (Å²) in [6.07, 6.45) is 13.0. The maximum Gasteiger partial charge on any atom is 0.339 e. The number of allylic oxidation sites excluding steroid dienone is 2. The molecule has 0 amide bonds. The van der Waals surface area contributed by atoms with Gasteiger partial charge in [-0.25, -0.2) is 4.79 Å². The second-order valence-electron chi connectivity index (χ2n) is 8.45. The van der Waals surface area contributed by atoms with Gasteiger partial charge in [0.05, 0.1) is 18.8 Å². The molecule has 2 aliphatic rings. The third-order valence-electron chi connectivity index (χ3n) is 6.28. The molecule has 0 spiro atoms. The van der Waals surface area contributed by atoms with Crippen molar-refractivity contribution in [1.29, 1.82) is 0 Å². The van der Waals surface area contributed by atoms with E-state index in [1.54, 1.807) is 6.20 Å². The van der Waals surface area contributed by atoms with Crippen LogP contribution in [-0.4, -0.2) is 24.2 Å². The van der Waals surface area contributed by atoms with Crippen molar-refractivity contribution in [3.8, 4) is 5.75 Å². The van der Waals surface area contributed by atoms with E-state index in [-0.39, 0.29) is 5.97 Å². The number of hydrogen-bond acceptors (Lipinski definition) is 4. The van der Waals surface area contributed by atoms with Crippen molar-refractivity contribution < 1.29 is 14.3 Å². The van der Waals surface area contributed by atoms with Crippen molar-refractivity contribution in [3.05, 3.63) is 57.8 Å². The van der Waals surface area contributed by atoms with E-state index in [2.05, 4.69) is 39.1 Å². The molecule has 164 valence electrons. The van der Waals surface area contributed by atoms with Crippen molar-refractivity contribution in [2.45, 2.75) is 58.3 Å². The van der Waals surface area contributed by atoms with E-state index >= 15 is 0 Å². The van der Waals surface area contributed by atoms with Gasteiger partial charge < -0.3 is 9.47 Å². The number of carbonyl (C=O) groups excluding carboxylic acids is 1. The molecule has 1 aromatic heterocycles. The smallest absolute Gasteiger partial charge is 0.339 e. The van der Waals surface area contributed by atoms with Crippen LogP contribution < -0.4 is 4.74 Å². The molecule has 4 rings (SSSR count). The van der Waals surface area contributed by atoms with Crippen molar-refractivity contribution in [2.24, 2.45) is 5.92 Å². The van der Waals surface area contributed by atoms with Crippen molar-refractivity contribution >= 4 is 33.0 Å². The number of hydrogen-bond donors (Lipinski definition) is 0. The minimum atomic E-state index is -0.323. The van der Waals surface area contributed by atoms with Gasteiger partial charge in [0.15, 0.2) is 0 Å². The lowest BCUT2D eigenvalue weighted by Crippen LogP contribution is -2.15. The standard InChI is InChI=1S/C26H30BrNO3/c1-2-30-26(29)20-13-19(15-28-16-20)22-9-6-10-23(22)24-14-21(27)11-12-25(24)31-17-18-7-4-3-5-8-18/h11-16,18H,2-10,17H2,1H3. The minimum absolute atomic E-state index is 0.323. The minimum Gasteiger partial charge on any atom is -0.493 e. The summed E-state index contributed by atoms with van der Waals surface area (Å²) in [5.41, 5.74) is 5.19. The van der Waals surface area contributed by atoms with Crippen molar-refractivity contribution in [3.63, 3.8) is 0 Å². The Morgan fingerprint density at radius 2 is 1.87 bits per heavy atom. The van der Waals surface area contributed by atoms with Crippen LogP contribution in [0.15, 0.2) is 41.1 Å². The molecule has 5 heteroatoms. The van der Waals surface area contributed by atoms with Crippen LogP contribution in [0.4, 0.5) is 0 Å². The third-order valence-corrected chi connectivity index (χ3v) is 6.77. The van der Waals surface area contributed by atoms with E-state index in [4.69, 9.17) is 9.47 Å². The second-order valence-corrected chi connectivity index (χ2v) is 9.36. The van der Waals surface area contributed by atoms with Crippen molar-refractivity contribution in [2.75, 3.05) is 13.2 Å². The molecule has 0 saturated heterocycles. The lowest BCUT2D eigenvalue weighted by Gasteiger charge is -2.23. The Kier molecular flexibility index (Phi) is 7.44. The lowest BCUT2D eigenvalue weighted by molar-refractivity contribution is 0.0526. The van der Waals surface area contributed by atoms with Gasteiger partial charge in [0.1, 0.15) is 5.75 Å². The number of benzene rings is 1. The molecule has 2 aromatic rings. The molecule has 0 radical (unpaired) electrons. The molecule has 1 fully saturated rings. The molecule has 0 unspecified atom stereocenters. The van der Waals surface area contributed by atoms with Crippen molar-refractivity contribution in [1.82, 2.24) is 4.98 Å². The first-order valence-corrected chi connectivity index (χ1v) is 12.2. The quantitative estimate of drug-likeness (QED) is 0.394. The normalized spacial score (nSPS) is 17.1. The van der Waals surface area contributed by atoms with Gasteiger partial charge in [0.25, 0.3) is 0 Å². The Hall–Kier alpha value is -2.14. The van der Waals surface area contributed by atoms with Crippen LogP contribution >= 0.6 is 15.9 Å². The van der Waals surface area contributed by atoms with Crippen LogP contribution in [-0.2, 0) is 4.74 Å². The van der Waals surface area contributed by atoms with Crippen LogP contribution in [0.25, 0.3) is 11.1 Å². The third kappa shape index (κ3) is 5.38. The van der Waals surface area contributed by atoms with E-state index in [1.165, 1.54) is 43.3 Å². The zero-order valence-electron chi connectivity index (χ0n) is 18.2. The number of rotatable bonds is 7. The number of ether oxygens (including phenoxy) is 2. The van der Waals surface area contributed by atoms with Gasteiger partial charge >= 0.3 is 5.97 Å². The zero-order chi connectivity index (χ0) is 21.6. The van der Waals surface area contributed by atoms with E-state index in [9.17, 15) is 4.79 Å². The van der Waals surface area contributed by atoms with E-state index in [0.29, 0.717) is 18.1 Å². The fourth-order valence-electron chi connectivity index (χ4n) is 4.72. The molecule has 0 N–H and O–H groups in total. The highest BCUT2D eigenvalue weighted by Crippen LogP contribution is 2.43. The van der Waals surface area contributed by atoms with E-state index in [0.717, 1.165) is 47.2 Å². The molecule has 1 saturated carbocycles. The summed E-state index contributed by atoms with van der Waals surface area (Å²) >= 11 is 3.64. The molecule has 4 nitrogen and oxygen atoms in total. The monoisotopic (exact) mass is 483 g/mol. The Bertz CT molecular complexity index is 963. The molecule has 0 bridgehead atoms. The molecule has 1 aromatic carbocycles. The Morgan fingerprint density at radius 3 is 2.68 bits per heavy atom. The number of halogens is 1. The number of nitrogens with zero attached hydrogens (tertiary/aromatic N) is 1. The predicted molar refractivity (Wildman–Crippen MR) is 127 cm³/mol. The number of esters is 1. The maximum absolute atomic E-state index is 12.2. The predicted octanol–water partition coefficient (Wildman–Crippen LogP) is 7.07. The highest BCUT2D eigenvalue weighted by molar-refractivity contribution is 9.10. The molecule has 1 heterocycles. The number of pyridine rings is 1. The summed E-state index contributed by atoms with van der Waals surface area (Å²) in [5, 5.41) is 0. The molecular formula is C26H30BrNO3. The zero-order valence-corrected chi connectivity index (χ0v) is 19.7. The Balaban J connectivity index is 1.64. The van der Waals surface area contributed by atoms with Gasteiger partial charge in [0.2, 0.25) is 0 Å². The first kappa shape index (κ1) is 22.1. The van der Waals surface area contributed by atoms with Crippen LogP contribution in [0.1, 0.15) is 79.8 Å². The fourth-order valence-corrected chi connectivity index (χ4v) is 5.08. The first-order valence-electron chi connectivity index (χ1n) is 11.4. The van der Waals surface area contributed by atoms with Gasteiger partial charge in [-0.05, 0) is 85.9 Å². The summed E-state index contributed by atoms with van der Waals surface area (Å²) in [4.78, 5) is 16.5. The van der Waals surface area contributed by atoms with Gasteiger partial charge in [-0.15, -0.1) is 0 Å². The topological polar surface area (TPSA) is 48.4 Å². The van der Waals surface area contributed by atoms with Gasteiger partial charge in [0, 0.05) is 22.4 Å². The number of carbonyl (C=O) groups is 1. The largest absolute Gasteiger partial charge is 0.493 e. The van der Waals surface area contributed by atoms with E-state index in [1.807, 2.05) is 19.2 Å². The highest BCUT2D eigenvalue weighted by Gasteiger charge is 2.23.